The van der Waals surface area contributed by atoms with Gasteiger partial charge in [-0.25, -0.2) is 0 Å². The molecule has 0 amide bonds. The highest BCUT2D eigenvalue weighted by Gasteiger charge is 2.38. The van der Waals surface area contributed by atoms with E-state index in [-0.39, 0.29) is 5.41 Å². The Morgan fingerprint density at radius 3 is 1.82 bits per heavy atom. The minimum Gasteiger partial charge on any atom is -0.455 e. The number of fused-ring (bicyclic) bond motifs is 13. The van der Waals surface area contributed by atoms with Crippen LogP contribution in [0.1, 0.15) is 25.0 Å². The van der Waals surface area contributed by atoms with Crippen molar-refractivity contribution in [3.8, 4) is 11.1 Å². The summed E-state index contributed by atoms with van der Waals surface area (Å²) in [5, 5.41) is 9.02. The standard InChI is InChI=1S/C47H31NO2/c1-47(2)38-17-8-7-15-37(38)43-39(47)18-10-19-40(43)48(30-23-26-33-35-24-21-28-11-3-5-13-31(28)44(35)49-42(33)27-30)41-20-9-16-34-36-25-22-29-12-4-6-14-32(29)45(36)50-46(34)41/h3-27H,1-2H3. The SMILES string of the molecule is CC1(C)c2ccccc2-c2c(N(c3ccc4c(c3)oc3c5ccccc5ccc43)c3cccc4c3oc3c5ccccc5ccc43)cccc21. The van der Waals surface area contributed by atoms with E-state index in [4.69, 9.17) is 8.83 Å². The summed E-state index contributed by atoms with van der Waals surface area (Å²) in [6.45, 7) is 4.67. The summed E-state index contributed by atoms with van der Waals surface area (Å²) in [6.07, 6.45) is 0. The van der Waals surface area contributed by atoms with Crippen LogP contribution in [0.25, 0.3) is 76.5 Å². The van der Waals surface area contributed by atoms with E-state index in [1.807, 2.05) is 0 Å². The number of para-hydroxylation sites is 1. The highest BCUT2D eigenvalue weighted by atomic mass is 16.3. The lowest BCUT2D eigenvalue weighted by molar-refractivity contribution is 0.660. The summed E-state index contributed by atoms with van der Waals surface area (Å²) in [7, 11) is 0. The number of anilines is 3. The third-order valence-corrected chi connectivity index (χ3v) is 11.0. The van der Waals surface area contributed by atoms with E-state index in [9.17, 15) is 0 Å². The summed E-state index contributed by atoms with van der Waals surface area (Å²) >= 11 is 0. The number of rotatable bonds is 3. The molecule has 0 spiro atoms. The number of furan rings is 2. The van der Waals surface area contributed by atoms with Crippen LogP contribution in [0.4, 0.5) is 17.1 Å². The van der Waals surface area contributed by atoms with E-state index < -0.39 is 0 Å². The molecule has 3 nitrogen and oxygen atoms in total. The summed E-state index contributed by atoms with van der Waals surface area (Å²) in [6, 6.07) is 54.4. The Bertz CT molecular complexity index is 3030. The lowest BCUT2D eigenvalue weighted by atomic mass is 9.82. The molecule has 3 heteroatoms. The third kappa shape index (κ3) is 3.64. The molecule has 1 aliphatic rings. The Hall–Kier alpha value is -6.32. The van der Waals surface area contributed by atoms with Crippen molar-refractivity contribution in [3.63, 3.8) is 0 Å². The number of hydrogen-bond donors (Lipinski definition) is 0. The van der Waals surface area contributed by atoms with Crippen LogP contribution in [0, 0.1) is 0 Å². The molecule has 0 aliphatic heterocycles. The first-order valence-corrected chi connectivity index (χ1v) is 17.3. The van der Waals surface area contributed by atoms with Crippen LogP contribution in [-0.2, 0) is 5.41 Å². The summed E-state index contributed by atoms with van der Waals surface area (Å²) in [4.78, 5) is 2.38. The molecule has 8 aromatic carbocycles. The topological polar surface area (TPSA) is 29.5 Å². The largest absolute Gasteiger partial charge is 0.455 e. The first-order valence-electron chi connectivity index (χ1n) is 17.3. The first-order chi connectivity index (χ1) is 24.6. The van der Waals surface area contributed by atoms with Gasteiger partial charge in [-0.1, -0.05) is 123 Å². The quantitative estimate of drug-likeness (QED) is 0.192. The molecule has 10 aromatic rings. The van der Waals surface area contributed by atoms with Crippen LogP contribution >= 0.6 is 0 Å². The summed E-state index contributed by atoms with van der Waals surface area (Å²) < 4.78 is 13.7. The summed E-state index contributed by atoms with van der Waals surface area (Å²) in [5.74, 6) is 0. The molecule has 0 bridgehead atoms. The fourth-order valence-electron chi connectivity index (χ4n) is 8.65. The molecule has 50 heavy (non-hydrogen) atoms. The molecular weight excluding hydrogens is 611 g/mol. The second kappa shape index (κ2) is 9.87. The maximum absolute atomic E-state index is 6.97. The summed E-state index contributed by atoms with van der Waals surface area (Å²) in [5.41, 5.74) is 11.7. The Kier molecular flexibility index (Phi) is 5.45. The molecule has 0 radical (unpaired) electrons. The normalized spacial score (nSPS) is 13.6. The number of benzene rings is 8. The minimum atomic E-state index is -0.137. The van der Waals surface area contributed by atoms with Gasteiger partial charge in [-0.3, -0.25) is 0 Å². The van der Waals surface area contributed by atoms with Crippen LogP contribution in [0.2, 0.25) is 0 Å². The van der Waals surface area contributed by atoms with Gasteiger partial charge in [-0.15, -0.1) is 0 Å². The molecule has 2 aromatic heterocycles. The van der Waals surface area contributed by atoms with Gasteiger partial charge in [0, 0.05) is 49.4 Å². The van der Waals surface area contributed by atoms with Crippen LogP contribution in [0.15, 0.2) is 160 Å². The predicted octanol–water partition coefficient (Wildman–Crippen LogP) is 13.6. The van der Waals surface area contributed by atoms with Crippen molar-refractivity contribution in [2.24, 2.45) is 0 Å². The van der Waals surface area contributed by atoms with E-state index >= 15 is 0 Å². The van der Waals surface area contributed by atoms with Gasteiger partial charge < -0.3 is 13.7 Å². The zero-order chi connectivity index (χ0) is 33.1. The Morgan fingerprint density at radius 1 is 0.440 bits per heavy atom. The molecule has 0 atom stereocenters. The monoisotopic (exact) mass is 641 g/mol. The molecule has 0 saturated carbocycles. The van der Waals surface area contributed by atoms with Crippen molar-refractivity contribution in [3.05, 3.63) is 163 Å². The van der Waals surface area contributed by atoms with Gasteiger partial charge in [0.1, 0.15) is 16.7 Å². The fourth-order valence-corrected chi connectivity index (χ4v) is 8.65. The van der Waals surface area contributed by atoms with Crippen LogP contribution in [0.3, 0.4) is 0 Å². The lowest BCUT2D eigenvalue weighted by Gasteiger charge is -2.28. The van der Waals surface area contributed by atoms with E-state index in [1.54, 1.807) is 0 Å². The molecule has 11 rings (SSSR count). The van der Waals surface area contributed by atoms with E-state index in [0.717, 1.165) is 71.7 Å². The second-order valence-electron chi connectivity index (χ2n) is 14.1. The maximum atomic E-state index is 6.97. The zero-order valence-corrected chi connectivity index (χ0v) is 27.7. The molecule has 236 valence electrons. The first kappa shape index (κ1) is 27.6. The van der Waals surface area contributed by atoms with Gasteiger partial charge in [-0.05, 0) is 63.9 Å². The number of hydrogen-bond acceptors (Lipinski definition) is 3. The molecule has 2 heterocycles. The number of nitrogens with zero attached hydrogens (tertiary/aromatic N) is 1. The van der Waals surface area contributed by atoms with Crippen molar-refractivity contribution in [1.29, 1.82) is 0 Å². The molecule has 0 N–H and O–H groups in total. The zero-order valence-electron chi connectivity index (χ0n) is 27.7. The van der Waals surface area contributed by atoms with Gasteiger partial charge in [-0.2, -0.15) is 0 Å². The van der Waals surface area contributed by atoms with Crippen molar-refractivity contribution in [2.45, 2.75) is 19.3 Å². The molecule has 0 saturated heterocycles. The van der Waals surface area contributed by atoms with Crippen LogP contribution in [0.5, 0.6) is 0 Å². The smallest absolute Gasteiger partial charge is 0.159 e. The van der Waals surface area contributed by atoms with Crippen molar-refractivity contribution < 1.29 is 8.83 Å². The fraction of sp³-hybridized carbons (Fsp3) is 0.0638. The highest BCUT2D eigenvalue weighted by molar-refractivity contribution is 6.19. The average molecular weight is 642 g/mol. The van der Waals surface area contributed by atoms with Crippen LogP contribution in [-0.4, -0.2) is 0 Å². The van der Waals surface area contributed by atoms with Crippen molar-refractivity contribution in [2.75, 3.05) is 4.90 Å². The van der Waals surface area contributed by atoms with Gasteiger partial charge in [0.2, 0.25) is 0 Å². The minimum absolute atomic E-state index is 0.137. The maximum Gasteiger partial charge on any atom is 0.159 e. The Morgan fingerprint density at radius 2 is 1.02 bits per heavy atom. The molecule has 0 fully saturated rings. The molecule has 0 unspecified atom stereocenters. The highest BCUT2D eigenvalue weighted by Crippen LogP contribution is 2.55. The van der Waals surface area contributed by atoms with Crippen molar-refractivity contribution >= 4 is 82.5 Å². The third-order valence-electron chi connectivity index (χ3n) is 11.0. The van der Waals surface area contributed by atoms with Crippen LogP contribution < -0.4 is 4.90 Å². The van der Waals surface area contributed by atoms with Gasteiger partial charge >= 0.3 is 0 Å². The Labute approximate surface area is 288 Å². The molecule has 1 aliphatic carbocycles. The Balaban J connectivity index is 1.23. The van der Waals surface area contributed by atoms with E-state index in [0.29, 0.717) is 0 Å². The van der Waals surface area contributed by atoms with E-state index in [1.165, 1.54) is 33.0 Å². The predicted molar refractivity (Wildman–Crippen MR) is 208 cm³/mol. The van der Waals surface area contributed by atoms with Gasteiger partial charge in [0.05, 0.1) is 17.1 Å². The molecular formula is C47H31NO2. The van der Waals surface area contributed by atoms with E-state index in [2.05, 4.69) is 170 Å². The lowest BCUT2D eigenvalue weighted by Crippen LogP contribution is -2.16. The van der Waals surface area contributed by atoms with Gasteiger partial charge in [0.25, 0.3) is 0 Å². The van der Waals surface area contributed by atoms with Crippen molar-refractivity contribution in [1.82, 2.24) is 0 Å². The second-order valence-corrected chi connectivity index (χ2v) is 14.1. The van der Waals surface area contributed by atoms with Gasteiger partial charge in [0.15, 0.2) is 5.58 Å². The average Bonchev–Trinajstić information content (AvgIpc) is 3.81.